The van der Waals surface area contributed by atoms with Crippen molar-refractivity contribution < 1.29 is 4.79 Å². The second-order valence-electron chi connectivity index (χ2n) is 4.39. The van der Waals surface area contributed by atoms with Gasteiger partial charge in [-0.3, -0.25) is 4.79 Å². The number of amides is 1. The molecule has 0 bridgehead atoms. The van der Waals surface area contributed by atoms with Crippen LogP contribution in [0.4, 0.5) is 0 Å². The lowest BCUT2D eigenvalue weighted by Crippen LogP contribution is -2.24. The van der Waals surface area contributed by atoms with E-state index in [0.29, 0.717) is 22.2 Å². The van der Waals surface area contributed by atoms with Crippen LogP contribution in [0, 0.1) is 0 Å². The SMILES string of the molecule is O=C(NCCCCn1ccnc1)c1ccc(Cl)c(Cl)c1. The molecule has 2 aromatic rings. The molecule has 4 nitrogen and oxygen atoms in total. The Kier molecular flexibility index (Phi) is 5.44. The lowest BCUT2D eigenvalue weighted by molar-refractivity contribution is 0.0953. The molecule has 0 spiro atoms. The first-order valence-corrected chi connectivity index (χ1v) is 7.11. The highest BCUT2D eigenvalue weighted by molar-refractivity contribution is 6.42. The molecule has 0 aliphatic carbocycles. The average molecular weight is 312 g/mol. The van der Waals surface area contributed by atoms with Crippen LogP contribution in [0.25, 0.3) is 0 Å². The van der Waals surface area contributed by atoms with Crippen molar-refractivity contribution in [2.75, 3.05) is 6.54 Å². The van der Waals surface area contributed by atoms with E-state index in [1.807, 2.05) is 10.8 Å². The summed E-state index contributed by atoms with van der Waals surface area (Å²) in [7, 11) is 0. The van der Waals surface area contributed by atoms with Gasteiger partial charge in [0.15, 0.2) is 0 Å². The molecule has 0 saturated carbocycles. The van der Waals surface area contributed by atoms with E-state index < -0.39 is 0 Å². The van der Waals surface area contributed by atoms with Crippen molar-refractivity contribution in [3.8, 4) is 0 Å². The van der Waals surface area contributed by atoms with Gasteiger partial charge in [0.1, 0.15) is 0 Å². The molecule has 1 amide bonds. The number of aryl methyl sites for hydroxylation is 1. The molecule has 1 heterocycles. The van der Waals surface area contributed by atoms with Gasteiger partial charge in [0.05, 0.1) is 16.4 Å². The Morgan fingerprint density at radius 3 is 2.80 bits per heavy atom. The predicted octanol–water partition coefficient (Wildman–Crippen LogP) is 3.40. The molecule has 0 aliphatic rings. The van der Waals surface area contributed by atoms with Crippen LogP contribution in [0.5, 0.6) is 0 Å². The molecule has 1 aromatic heterocycles. The highest BCUT2D eigenvalue weighted by atomic mass is 35.5. The zero-order valence-corrected chi connectivity index (χ0v) is 12.4. The monoisotopic (exact) mass is 311 g/mol. The van der Waals surface area contributed by atoms with Crippen LogP contribution >= 0.6 is 23.2 Å². The van der Waals surface area contributed by atoms with Gasteiger partial charge in [0.2, 0.25) is 0 Å². The molecule has 1 N–H and O–H groups in total. The Labute approximate surface area is 127 Å². The van der Waals surface area contributed by atoms with E-state index >= 15 is 0 Å². The molecule has 0 aliphatic heterocycles. The van der Waals surface area contributed by atoms with E-state index in [0.717, 1.165) is 19.4 Å². The van der Waals surface area contributed by atoms with Gasteiger partial charge in [-0.2, -0.15) is 0 Å². The third-order valence-electron chi connectivity index (χ3n) is 2.87. The summed E-state index contributed by atoms with van der Waals surface area (Å²) in [6, 6.07) is 4.86. The number of carbonyl (C=O) groups is 1. The largest absolute Gasteiger partial charge is 0.352 e. The molecule has 1 aromatic carbocycles. The third-order valence-corrected chi connectivity index (χ3v) is 3.61. The highest BCUT2D eigenvalue weighted by Crippen LogP contribution is 2.22. The Balaban J connectivity index is 1.70. The topological polar surface area (TPSA) is 46.9 Å². The van der Waals surface area contributed by atoms with Gasteiger partial charge in [-0.25, -0.2) is 4.98 Å². The van der Waals surface area contributed by atoms with Gasteiger partial charge in [0.25, 0.3) is 5.91 Å². The smallest absolute Gasteiger partial charge is 0.251 e. The maximum atomic E-state index is 11.9. The Bertz CT molecular complexity index is 570. The molecule has 0 radical (unpaired) electrons. The van der Waals surface area contributed by atoms with E-state index in [1.54, 1.807) is 30.7 Å². The molecular formula is C14H15Cl2N3O. The van der Waals surface area contributed by atoms with Gasteiger partial charge >= 0.3 is 0 Å². The number of nitrogens with one attached hydrogen (secondary N) is 1. The summed E-state index contributed by atoms with van der Waals surface area (Å²) in [4.78, 5) is 15.8. The van der Waals surface area contributed by atoms with Crippen molar-refractivity contribution in [2.45, 2.75) is 19.4 Å². The number of imidazole rings is 1. The summed E-state index contributed by atoms with van der Waals surface area (Å²) >= 11 is 11.7. The first-order valence-electron chi connectivity index (χ1n) is 6.36. The third kappa shape index (κ3) is 4.25. The van der Waals surface area contributed by atoms with E-state index in [-0.39, 0.29) is 5.91 Å². The molecule has 0 atom stereocenters. The highest BCUT2D eigenvalue weighted by Gasteiger charge is 2.07. The minimum atomic E-state index is -0.133. The molecule has 106 valence electrons. The van der Waals surface area contributed by atoms with Crippen LogP contribution in [0.15, 0.2) is 36.9 Å². The standard InChI is InChI=1S/C14H15Cl2N3O/c15-12-4-3-11(9-13(12)16)14(20)18-5-1-2-7-19-8-6-17-10-19/h3-4,6,8-10H,1-2,5,7H2,(H,18,20). The van der Waals surface area contributed by atoms with Crippen LogP contribution < -0.4 is 5.32 Å². The quantitative estimate of drug-likeness (QED) is 0.831. The van der Waals surface area contributed by atoms with Crippen LogP contribution in [0.1, 0.15) is 23.2 Å². The molecule has 6 heteroatoms. The van der Waals surface area contributed by atoms with Crippen molar-refractivity contribution in [1.82, 2.24) is 14.9 Å². The fourth-order valence-electron chi connectivity index (χ4n) is 1.78. The number of benzene rings is 1. The van der Waals surface area contributed by atoms with E-state index in [2.05, 4.69) is 10.3 Å². The summed E-state index contributed by atoms with van der Waals surface area (Å²) in [5.41, 5.74) is 0.522. The van der Waals surface area contributed by atoms with Crippen molar-refractivity contribution in [3.63, 3.8) is 0 Å². The summed E-state index contributed by atoms with van der Waals surface area (Å²) in [5.74, 6) is -0.133. The van der Waals surface area contributed by atoms with Crippen LogP contribution in [-0.4, -0.2) is 22.0 Å². The maximum Gasteiger partial charge on any atom is 0.251 e. The van der Waals surface area contributed by atoms with Crippen molar-refractivity contribution >= 4 is 29.1 Å². The van der Waals surface area contributed by atoms with Gasteiger partial charge < -0.3 is 9.88 Å². The summed E-state index contributed by atoms with van der Waals surface area (Å²) in [6.07, 6.45) is 7.36. The lowest BCUT2D eigenvalue weighted by atomic mass is 10.2. The number of hydrogen-bond donors (Lipinski definition) is 1. The fraction of sp³-hybridized carbons (Fsp3) is 0.286. The maximum absolute atomic E-state index is 11.9. The van der Waals surface area contributed by atoms with Gasteiger partial charge in [-0.15, -0.1) is 0 Å². The lowest BCUT2D eigenvalue weighted by Gasteiger charge is -2.06. The minimum Gasteiger partial charge on any atom is -0.352 e. The Morgan fingerprint density at radius 2 is 2.10 bits per heavy atom. The summed E-state index contributed by atoms with van der Waals surface area (Å²) in [5, 5.41) is 3.70. The zero-order valence-electron chi connectivity index (χ0n) is 10.9. The van der Waals surface area contributed by atoms with E-state index in [9.17, 15) is 4.79 Å². The molecule has 2 rings (SSSR count). The fourth-order valence-corrected chi connectivity index (χ4v) is 2.08. The Hall–Kier alpha value is -1.52. The van der Waals surface area contributed by atoms with E-state index in [4.69, 9.17) is 23.2 Å². The van der Waals surface area contributed by atoms with Crippen LogP contribution in [0.3, 0.4) is 0 Å². The first kappa shape index (κ1) is 14.9. The van der Waals surface area contributed by atoms with Crippen molar-refractivity contribution in [1.29, 1.82) is 0 Å². The number of aromatic nitrogens is 2. The van der Waals surface area contributed by atoms with Crippen molar-refractivity contribution in [3.05, 3.63) is 52.5 Å². The molecule has 0 saturated heterocycles. The van der Waals surface area contributed by atoms with Crippen LogP contribution in [-0.2, 0) is 6.54 Å². The second-order valence-corrected chi connectivity index (χ2v) is 5.21. The van der Waals surface area contributed by atoms with Crippen LogP contribution in [0.2, 0.25) is 10.0 Å². The van der Waals surface area contributed by atoms with Gasteiger partial charge in [0, 0.05) is 31.0 Å². The molecule has 0 unspecified atom stereocenters. The second kappa shape index (κ2) is 7.31. The molecule has 20 heavy (non-hydrogen) atoms. The number of nitrogens with zero attached hydrogens (tertiary/aromatic N) is 2. The van der Waals surface area contributed by atoms with E-state index in [1.165, 1.54) is 0 Å². The zero-order chi connectivity index (χ0) is 14.4. The predicted molar refractivity (Wildman–Crippen MR) is 80.3 cm³/mol. The van der Waals surface area contributed by atoms with Gasteiger partial charge in [-0.1, -0.05) is 23.2 Å². The number of hydrogen-bond acceptors (Lipinski definition) is 2. The first-order chi connectivity index (χ1) is 9.66. The number of rotatable bonds is 6. The number of halogens is 2. The average Bonchev–Trinajstić information content (AvgIpc) is 2.94. The summed E-state index contributed by atoms with van der Waals surface area (Å²) in [6.45, 7) is 1.54. The molecular weight excluding hydrogens is 297 g/mol. The minimum absolute atomic E-state index is 0.133. The Morgan fingerprint density at radius 1 is 1.25 bits per heavy atom. The van der Waals surface area contributed by atoms with Gasteiger partial charge in [-0.05, 0) is 31.0 Å². The number of carbonyl (C=O) groups excluding carboxylic acids is 1. The summed E-state index contributed by atoms with van der Waals surface area (Å²) < 4.78 is 2.01. The number of unbranched alkanes of at least 4 members (excludes halogenated alkanes) is 1. The normalized spacial score (nSPS) is 10.5. The van der Waals surface area contributed by atoms with Crippen molar-refractivity contribution in [2.24, 2.45) is 0 Å². The molecule has 0 fully saturated rings.